The van der Waals surface area contributed by atoms with E-state index in [0.717, 1.165) is 0 Å². The van der Waals surface area contributed by atoms with Gasteiger partial charge in [0.2, 0.25) is 0 Å². The highest BCUT2D eigenvalue weighted by Gasteiger charge is 2.43. The van der Waals surface area contributed by atoms with E-state index in [1.54, 1.807) is 0 Å². The molecule has 9 nitrogen and oxygen atoms in total. The smallest absolute Gasteiger partial charge is 0.330 e. The van der Waals surface area contributed by atoms with Crippen molar-refractivity contribution in [3.05, 3.63) is 52.3 Å². The van der Waals surface area contributed by atoms with Gasteiger partial charge in [0.15, 0.2) is 0 Å². The molecule has 2 N–H and O–H groups in total. The number of benzene rings is 1. The van der Waals surface area contributed by atoms with Gasteiger partial charge in [0.25, 0.3) is 11.6 Å². The molecule has 2 heterocycles. The van der Waals surface area contributed by atoms with Crippen LogP contribution in [0.2, 0.25) is 0 Å². The Morgan fingerprint density at radius 3 is 2.64 bits per heavy atom. The van der Waals surface area contributed by atoms with Crippen LogP contribution in [0, 0.1) is 10.1 Å². The number of hydrogen-bond donors (Lipinski definition) is 2. The molecule has 10 heteroatoms. The third-order valence-corrected chi connectivity index (χ3v) is 5.14. The Hall–Kier alpha value is -2.88. The second-order valence-corrected chi connectivity index (χ2v) is 6.70. The van der Waals surface area contributed by atoms with Crippen LogP contribution in [-0.2, 0) is 4.79 Å². The zero-order chi connectivity index (χ0) is 18.0. The fourth-order valence-corrected chi connectivity index (χ4v) is 3.81. The van der Waals surface area contributed by atoms with Crippen LogP contribution in [0.1, 0.15) is 16.8 Å². The molecule has 1 amide bonds. The number of carboxylic acid groups (broad SMARTS) is 1. The van der Waals surface area contributed by atoms with Gasteiger partial charge >= 0.3 is 5.97 Å². The van der Waals surface area contributed by atoms with Gasteiger partial charge in [-0.1, -0.05) is 0 Å². The summed E-state index contributed by atoms with van der Waals surface area (Å²) in [4.78, 5) is 34.0. The quantitative estimate of drug-likeness (QED) is 0.609. The van der Waals surface area contributed by atoms with Crippen molar-refractivity contribution in [3.8, 4) is 5.69 Å². The summed E-state index contributed by atoms with van der Waals surface area (Å²) in [5.74, 6) is -0.564. The van der Waals surface area contributed by atoms with Crippen molar-refractivity contribution in [2.24, 2.45) is 0 Å². The fourth-order valence-electron chi connectivity index (χ4n) is 2.48. The topological polar surface area (TPSA) is 127 Å². The minimum absolute atomic E-state index is 0.0454. The molecule has 0 saturated carbocycles. The number of thioether (sulfide) groups is 1. The van der Waals surface area contributed by atoms with Gasteiger partial charge in [-0.3, -0.25) is 14.9 Å². The first-order valence-corrected chi connectivity index (χ1v) is 8.50. The second-order valence-electron chi connectivity index (χ2n) is 5.59. The van der Waals surface area contributed by atoms with Crippen molar-refractivity contribution in [2.75, 3.05) is 11.5 Å². The molecule has 0 aliphatic carbocycles. The van der Waals surface area contributed by atoms with Crippen LogP contribution in [0.15, 0.2) is 36.7 Å². The van der Waals surface area contributed by atoms with E-state index in [0.29, 0.717) is 23.6 Å². The average molecular weight is 362 g/mol. The summed E-state index contributed by atoms with van der Waals surface area (Å²) in [5, 5.41) is 26.7. The Morgan fingerprint density at radius 1 is 1.36 bits per heavy atom. The second kappa shape index (κ2) is 6.55. The summed E-state index contributed by atoms with van der Waals surface area (Å²) >= 11 is 1.48. The number of aromatic nitrogens is 2. The highest BCUT2D eigenvalue weighted by molar-refractivity contribution is 7.99. The third kappa shape index (κ3) is 3.33. The number of carbonyl (C=O) groups excluding carboxylic acids is 1. The molecule has 0 spiro atoms. The van der Waals surface area contributed by atoms with Gasteiger partial charge in [0, 0.05) is 24.1 Å². The maximum Gasteiger partial charge on any atom is 0.330 e. The maximum atomic E-state index is 12.4. The average Bonchev–Trinajstić information content (AvgIpc) is 3.25. The van der Waals surface area contributed by atoms with Crippen molar-refractivity contribution < 1.29 is 19.6 Å². The number of nitrogens with zero attached hydrogens (tertiary/aromatic N) is 3. The first-order chi connectivity index (χ1) is 11.9. The van der Waals surface area contributed by atoms with Crippen LogP contribution in [0.3, 0.4) is 0 Å². The fraction of sp³-hybridized carbons (Fsp3) is 0.267. The van der Waals surface area contributed by atoms with Gasteiger partial charge < -0.3 is 10.4 Å². The van der Waals surface area contributed by atoms with Crippen LogP contribution in [0.25, 0.3) is 5.69 Å². The summed E-state index contributed by atoms with van der Waals surface area (Å²) < 4.78 is 1.40. The molecule has 130 valence electrons. The molecule has 2 aromatic rings. The molecule has 1 unspecified atom stereocenters. The van der Waals surface area contributed by atoms with E-state index in [2.05, 4.69) is 10.4 Å². The highest BCUT2D eigenvalue weighted by Crippen LogP contribution is 2.28. The Morgan fingerprint density at radius 2 is 2.08 bits per heavy atom. The Balaban J connectivity index is 1.77. The molecule has 1 saturated heterocycles. The number of aliphatic carboxylic acids is 1. The summed E-state index contributed by atoms with van der Waals surface area (Å²) in [7, 11) is 0. The zero-order valence-electron chi connectivity index (χ0n) is 12.9. The van der Waals surface area contributed by atoms with Crippen molar-refractivity contribution in [3.63, 3.8) is 0 Å². The van der Waals surface area contributed by atoms with Crippen molar-refractivity contribution in [1.29, 1.82) is 0 Å². The molecular formula is C15H14N4O5S. The Kier molecular flexibility index (Phi) is 4.45. The summed E-state index contributed by atoms with van der Waals surface area (Å²) in [6.07, 6.45) is 3.15. The zero-order valence-corrected chi connectivity index (χ0v) is 13.7. The van der Waals surface area contributed by atoms with E-state index in [4.69, 9.17) is 0 Å². The van der Waals surface area contributed by atoms with E-state index in [1.165, 1.54) is 53.1 Å². The lowest BCUT2D eigenvalue weighted by atomic mass is 9.99. The van der Waals surface area contributed by atoms with E-state index < -0.39 is 22.3 Å². The number of non-ortho nitro benzene ring substituents is 1. The first kappa shape index (κ1) is 17.0. The van der Waals surface area contributed by atoms with Gasteiger partial charge in [-0.25, -0.2) is 9.48 Å². The molecule has 1 aromatic carbocycles. The predicted molar refractivity (Wildman–Crippen MR) is 90.0 cm³/mol. The molecule has 1 fully saturated rings. The van der Waals surface area contributed by atoms with Crippen molar-refractivity contribution >= 4 is 29.3 Å². The highest BCUT2D eigenvalue weighted by atomic mass is 32.2. The summed E-state index contributed by atoms with van der Waals surface area (Å²) in [5.41, 5.74) is -0.530. The number of hydrogen-bond acceptors (Lipinski definition) is 6. The van der Waals surface area contributed by atoms with E-state index >= 15 is 0 Å². The predicted octanol–water partition coefficient (Wildman–Crippen LogP) is 1.47. The lowest BCUT2D eigenvalue weighted by Gasteiger charge is -2.24. The molecule has 1 aliphatic rings. The van der Waals surface area contributed by atoms with Gasteiger partial charge in [-0.05, 0) is 24.3 Å². The number of nitrogens with one attached hydrogen (secondary N) is 1. The van der Waals surface area contributed by atoms with Gasteiger partial charge in [-0.15, -0.1) is 0 Å². The standard InChI is InChI=1S/C15H14N4O5S/c20-13(17-15(14(21)22)5-6-25-9-15)10-7-16-18(8-10)11-1-3-12(4-2-11)19(23)24/h1-4,7-8H,5-6,9H2,(H,17,20)(H,21,22). The molecule has 25 heavy (non-hydrogen) atoms. The molecule has 1 aromatic heterocycles. The lowest BCUT2D eigenvalue weighted by molar-refractivity contribution is -0.384. The van der Waals surface area contributed by atoms with Crippen molar-refractivity contribution in [2.45, 2.75) is 12.0 Å². The van der Waals surface area contributed by atoms with Crippen LogP contribution in [0.5, 0.6) is 0 Å². The molecule has 0 bridgehead atoms. The molecule has 3 rings (SSSR count). The Labute approximate surface area is 146 Å². The Bertz CT molecular complexity index is 827. The SMILES string of the molecule is O=C(NC1(C(=O)O)CCSC1)c1cnn(-c2ccc([N+](=O)[O-])cc2)c1. The number of carbonyl (C=O) groups is 2. The first-order valence-electron chi connectivity index (χ1n) is 7.34. The van der Waals surface area contributed by atoms with Crippen LogP contribution >= 0.6 is 11.8 Å². The van der Waals surface area contributed by atoms with Gasteiger partial charge in [-0.2, -0.15) is 16.9 Å². The number of nitro benzene ring substituents is 1. The minimum Gasteiger partial charge on any atom is -0.479 e. The van der Waals surface area contributed by atoms with E-state index in [-0.39, 0.29) is 11.3 Å². The molecular weight excluding hydrogens is 348 g/mol. The van der Waals surface area contributed by atoms with Crippen molar-refractivity contribution in [1.82, 2.24) is 15.1 Å². The molecule has 0 radical (unpaired) electrons. The van der Waals surface area contributed by atoms with E-state index in [9.17, 15) is 24.8 Å². The lowest BCUT2D eigenvalue weighted by Crippen LogP contribution is -2.54. The van der Waals surface area contributed by atoms with Gasteiger partial charge in [0.05, 0.1) is 22.4 Å². The largest absolute Gasteiger partial charge is 0.479 e. The molecule has 1 atom stereocenters. The minimum atomic E-state index is -1.25. The van der Waals surface area contributed by atoms with E-state index in [1.807, 2.05) is 0 Å². The number of nitro groups is 1. The monoisotopic (exact) mass is 362 g/mol. The molecule has 1 aliphatic heterocycles. The van der Waals surface area contributed by atoms with Crippen LogP contribution in [-0.4, -0.2) is 48.7 Å². The number of carboxylic acids is 1. The van der Waals surface area contributed by atoms with Crippen LogP contribution < -0.4 is 5.32 Å². The number of rotatable bonds is 5. The summed E-state index contributed by atoms with van der Waals surface area (Å²) in [6.45, 7) is 0. The summed E-state index contributed by atoms with van der Waals surface area (Å²) in [6, 6.07) is 5.70. The third-order valence-electron chi connectivity index (χ3n) is 3.95. The number of amides is 1. The normalized spacial score (nSPS) is 19.5. The van der Waals surface area contributed by atoms with Gasteiger partial charge in [0.1, 0.15) is 5.54 Å². The maximum absolute atomic E-state index is 12.4. The van der Waals surface area contributed by atoms with Crippen LogP contribution in [0.4, 0.5) is 5.69 Å².